The number of amides is 1. The summed E-state index contributed by atoms with van der Waals surface area (Å²) in [6, 6.07) is 7.87. The summed E-state index contributed by atoms with van der Waals surface area (Å²) in [5.74, 6) is 0.0121. The van der Waals surface area contributed by atoms with Gasteiger partial charge in [0.25, 0.3) is 5.91 Å². The number of halogens is 1. The fraction of sp³-hybridized carbons (Fsp3) is 0.417. The molecule has 1 aromatic carbocycles. The van der Waals surface area contributed by atoms with E-state index in [0.717, 1.165) is 22.0 Å². The molecule has 0 bridgehead atoms. The second-order valence-electron chi connectivity index (χ2n) is 4.01. The number of benzene rings is 1. The van der Waals surface area contributed by atoms with Crippen molar-refractivity contribution in [3.63, 3.8) is 0 Å². The molecule has 1 amide bonds. The van der Waals surface area contributed by atoms with Gasteiger partial charge in [0, 0.05) is 22.3 Å². The fourth-order valence-corrected chi connectivity index (χ4v) is 2.32. The lowest BCUT2D eigenvalue weighted by Gasteiger charge is -2.34. The van der Waals surface area contributed by atoms with E-state index in [9.17, 15) is 4.79 Å². The minimum atomic E-state index is 0.0121. The number of methoxy groups -OCH3 is 1. The van der Waals surface area contributed by atoms with Crippen LogP contribution in [0.2, 0.25) is 0 Å². The Morgan fingerprint density at radius 3 is 2.88 bits per heavy atom. The van der Waals surface area contributed by atoms with Gasteiger partial charge in [-0.15, -0.1) is 0 Å². The van der Waals surface area contributed by atoms with Gasteiger partial charge in [-0.05, 0) is 53.6 Å². The molecule has 1 aliphatic rings. The highest BCUT2D eigenvalue weighted by Gasteiger charge is 2.30. The average molecular weight is 331 g/mol. The summed E-state index contributed by atoms with van der Waals surface area (Å²) < 4.78 is 6.25. The van der Waals surface area contributed by atoms with Crippen molar-refractivity contribution in [3.05, 3.63) is 33.4 Å². The van der Waals surface area contributed by atoms with Gasteiger partial charge in [-0.25, -0.2) is 0 Å². The average Bonchev–Trinajstić information content (AvgIpc) is 2.22. The minimum Gasteiger partial charge on any atom is -0.381 e. The van der Waals surface area contributed by atoms with Gasteiger partial charge in [0.05, 0.1) is 6.10 Å². The Hall–Kier alpha value is -0.620. The lowest BCUT2D eigenvalue weighted by atomic mass is 9.89. The van der Waals surface area contributed by atoms with Crippen LogP contribution in [-0.4, -0.2) is 25.2 Å². The van der Waals surface area contributed by atoms with Gasteiger partial charge >= 0.3 is 0 Å². The second-order valence-corrected chi connectivity index (χ2v) is 5.26. The van der Waals surface area contributed by atoms with Crippen LogP contribution in [0.5, 0.6) is 0 Å². The number of carbonyl (C=O) groups is 1. The quantitative estimate of drug-likeness (QED) is 0.863. The lowest BCUT2D eigenvalue weighted by Crippen LogP contribution is -2.47. The topological polar surface area (TPSA) is 38.3 Å². The largest absolute Gasteiger partial charge is 0.381 e. The van der Waals surface area contributed by atoms with Gasteiger partial charge in [-0.3, -0.25) is 4.79 Å². The van der Waals surface area contributed by atoms with Crippen LogP contribution in [0.4, 0.5) is 0 Å². The molecule has 0 aromatic heterocycles. The maximum Gasteiger partial charge on any atom is 0.251 e. The highest BCUT2D eigenvalue weighted by Crippen LogP contribution is 2.22. The van der Waals surface area contributed by atoms with E-state index < -0.39 is 0 Å². The van der Waals surface area contributed by atoms with Crippen molar-refractivity contribution in [2.75, 3.05) is 7.11 Å². The predicted octanol–water partition coefficient (Wildman–Crippen LogP) is 2.20. The van der Waals surface area contributed by atoms with Crippen LogP contribution in [0.1, 0.15) is 23.2 Å². The SMILES string of the molecule is COC1CC(NC(=O)c2cccc(I)c2)C1. The molecule has 16 heavy (non-hydrogen) atoms. The summed E-state index contributed by atoms with van der Waals surface area (Å²) in [5, 5.41) is 3.00. The standard InChI is InChI=1S/C12H14INO2/c1-16-11-6-10(7-11)14-12(15)8-3-2-4-9(13)5-8/h2-5,10-11H,6-7H2,1H3,(H,14,15). The Morgan fingerprint density at radius 1 is 1.50 bits per heavy atom. The Kier molecular flexibility index (Phi) is 3.81. The van der Waals surface area contributed by atoms with Gasteiger partial charge in [0.2, 0.25) is 0 Å². The molecule has 4 heteroatoms. The maximum absolute atomic E-state index is 11.8. The zero-order valence-corrected chi connectivity index (χ0v) is 11.2. The van der Waals surface area contributed by atoms with Gasteiger partial charge in [-0.2, -0.15) is 0 Å². The Labute approximate surface area is 109 Å². The molecular formula is C12H14INO2. The first-order chi connectivity index (χ1) is 7.69. The number of hydrogen-bond donors (Lipinski definition) is 1. The molecule has 0 radical (unpaired) electrons. The monoisotopic (exact) mass is 331 g/mol. The van der Waals surface area contributed by atoms with Crippen LogP contribution in [0, 0.1) is 3.57 Å². The molecule has 0 heterocycles. The first-order valence-electron chi connectivity index (χ1n) is 5.28. The first kappa shape index (κ1) is 11.9. The summed E-state index contributed by atoms with van der Waals surface area (Å²) in [6.45, 7) is 0. The summed E-state index contributed by atoms with van der Waals surface area (Å²) in [6.07, 6.45) is 2.17. The third-order valence-corrected chi connectivity index (χ3v) is 3.52. The molecule has 2 rings (SSSR count). The van der Waals surface area contributed by atoms with Crippen LogP contribution in [0.3, 0.4) is 0 Å². The summed E-state index contributed by atoms with van der Waals surface area (Å²) >= 11 is 2.20. The Bertz CT molecular complexity index is 388. The van der Waals surface area contributed by atoms with E-state index in [2.05, 4.69) is 27.9 Å². The molecule has 1 fully saturated rings. The lowest BCUT2D eigenvalue weighted by molar-refractivity contribution is 0.0176. The zero-order chi connectivity index (χ0) is 11.5. The van der Waals surface area contributed by atoms with E-state index in [1.165, 1.54) is 0 Å². The van der Waals surface area contributed by atoms with E-state index in [4.69, 9.17) is 4.74 Å². The fourth-order valence-electron chi connectivity index (χ4n) is 1.77. The molecule has 1 N–H and O–H groups in total. The van der Waals surface area contributed by atoms with E-state index in [0.29, 0.717) is 6.10 Å². The molecule has 0 unspecified atom stereocenters. The minimum absolute atomic E-state index is 0.0121. The van der Waals surface area contributed by atoms with Gasteiger partial charge in [-0.1, -0.05) is 6.07 Å². The summed E-state index contributed by atoms with van der Waals surface area (Å²) in [7, 11) is 1.71. The van der Waals surface area contributed by atoms with E-state index in [1.807, 2.05) is 24.3 Å². The second kappa shape index (κ2) is 5.14. The number of hydrogen-bond acceptors (Lipinski definition) is 2. The number of carbonyl (C=O) groups excluding carboxylic acids is 1. The Balaban J connectivity index is 1.89. The normalized spacial score (nSPS) is 23.6. The molecule has 1 aromatic rings. The summed E-state index contributed by atoms with van der Waals surface area (Å²) in [5.41, 5.74) is 0.729. The highest BCUT2D eigenvalue weighted by molar-refractivity contribution is 14.1. The van der Waals surface area contributed by atoms with Crippen molar-refractivity contribution in [3.8, 4) is 0 Å². The van der Waals surface area contributed by atoms with Crippen molar-refractivity contribution in [2.45, 2.75) is 25.0 Å². The van der Waals surface area contributed by atoms with Crippen molar-refractivity contribution >= 4 is 28.5 Å². The van der Waals surface area contributed by atoms with E-state index >= 15 is 0 Å². The van der Waals surface area contributed by atoms with E-state index in [-0.39, 0.29) is 11.9 Å². The highest BCUT2D eigenvalue weighted by atomic mass is 127. The van der Waals surface area contributed by atoms with Crippen LogP contribution < -0.4 is 5.32 Å². The molecule has 1 aliphatic carbocycles. The molecule has 1 saturated carbocycles. The molecule has 0 spiro atoms. The maximum atomic E-state index is 11.8. The number of ether oxygens (including phenoxy) is 1. The van der Waals surface area contributed by atoms with Crippen LogP contribution >= 0.6 is 22.6 Å². The molecule has 3 nitrogen and oxygen atoms in total. The van der Waals surface area contributed by atoms with Crippen molar-refractivity contribution in [1.29, 1.82) is 0 Å². The van der Waals surface area contributed by atoms with Crippen LogP contribution in [0.15, 0.2) is 24.3 Å². The molecular weight excluding hydrogens is 317 g/mol. The van der Waals surface area contributed by atoms with Crippen molar-refractivity contribution < 1.29 is 9.53 Å². The van der Waals surface area contributed by atoms with Gasteiger partial charge in [0.1, 0.15) is 0 Å². The van der Waals surface area contributed by atoms with E-state index in [1.54, 1.807) is 7.11 Å². The summed E-state index contributed by atoms with van der Waals surface area (Å²) in [4.78, 5) is 11.8. The number of nitrogens with one attached hydrogen (secondary N) is 1. The van der Waals surface area contributed by atoms with Crippen LogP contribution in [0.25, 0.3) is 0 Å². The molecule has 0 aliphatic heterocycles. The smallest absolute Gasteiger partial charge is 0.251 e. The first-order valence-corrected chi connectivity index (χ1v) is 6.36. The van der Waals surface area contributed by atoms with Gasteiger partial charge < -0.3 is 10.1 Å². The third kappa shape index (κ3) is 2.74. The van der Waals surface area contributed by atoms with Crippen molar-refractivity contribution in [2.24, 2.45) is 0 Å². The molecule has 0 saturated heterocycles. The van der Waals surface area contributed by atoms with Crippen LogP contribution in [-0.2, 0) is 4.74 Å². The molecule has 86 valence electrons. The molecule has 0 atom stereocenters. The van der Waals surface area contributed by atoms with Crippen molar-refractivity contribution in [1.82, 2.24) is 5.32 Å². The third-order valence-electron chi connectivity index (χ3n) is 2.85. The number of rotatable bonds is 3. The predicted molar refractivity (Wildman–Crippen MR) is 70.4 cm³/mol. The zero-order valence-electron chi connectivity index (χ0n) is 9.07. The van der Waals surface area contributed by atoms with Gasteiger partial charge in [0.15, 0.2) is 0 Å². The Morgan fingerprint density at radius 2 is 2.25 bits per heavy atom.